The van der Waals surface area contributed by atoms with Gasteiger partial charge >= 0.3 is 6.03 Å². The van der Waals surface area contributed by atoms with Crippen molar-refractivity contribution in [3.05, 3.63) is 65.5 Å². The largest absolute Gasteiger partial charge is 0.482 e. The Balaban J connectivity index is 1.62. The van der Waals surface area contributed by atoms with E-state index in [0.29, 0.717) is 5.56 Å². The van der Waals surface area contributed by atoms with Crippen molar-refractivity contribution >= 4 is 17.8 Å². The van der Waals surface area contributed by atoms with Crippen molar-refractivity contribution < 1.29 is 23.5 Å². The molecule has 0 heterocycles. The van der Waals surface area contributed by atoms with Crippen LogP contribution in [0.1, 0.15) is 11.1 Å². The van der Waals surface area contributed by atoms with E-state index in [4.69, 9.17) is 10.00 Å². The van der Waals surface area contributed by atoms with Gasteiger partial charge in [-0.3, -0.25) is 20.4 Å². The van der Waals surface area contributed by atoms with Crippen molar-refractivity contribution in [1.29, 1.82) is 5.26 Å². The monoisotopic (exact) mass is 399 g/mol. The summed E-state index contributed by atoms with van der Waals surface area (Å²) < 4.78 is 18.0. The molecule has 2 aromatic carbocycles. The lowest BCUT2D eigenvalue weighted by Crippen LogP contribution is -2.49. The first-order valence-electron chi connectivity index (χ1n) is 8.43. The Morgan fingerprint density at radius 3 is 2.38 bits per heavy atom. The number of nitriles is 1. The number of amides is 4. The van der Waals surface area contributed by atoms with Gasteiger partial charge in [0.15, 0.2) is 6.61 Å². The van der Waals surface area contributed by atoms with Crippen LogP contribution in [0.2, 0.25) is 0 Å². The molecule has 4 N–H and O–H groups in total. The lowest BCUT2D eigenvalue weighted by atomic mass is 10.2. The highest BCUT2D eigenvalue weighted by Gasteiger charge is 2.09. The average Bonchev–Trinajstić information content (AvgIpc) is 2.74. The highest BCUT2D eigenvalue weighted by atomic mass is 19.1. The Morgan fingerprint density at radius 2 is 1.66 bits per heavy atom. The van der Waals surface area contributed by atoms with E-state index in [1.165, 1.54) is 24.3 Å². The van der Waals surface area contributed by atoms with Crippen molar-refractivity contribution in [1.82, 2.24) is 21.5 Å². The van der Waals surface area contributed by atoms with Crippen molar-refractivity contribution in [2.24, 2.45) is 0 Å². The van der Waals surface area contributed by atoms with E-state index in [0.717, 1.165) is 0 Å². The van der Waals surface area contributed by atoms with Crippen molar-refractivity contribution in [2.45, 2.75) is 6.54 Å². The number of nitrogens with one attached hydrogen (secondary N) is 4. The summed E-state index contributed by atoms with van der Waals surface area (Å²) in [5, 5.41) is 13.7. The number of urea groups is 1. The molecule has 0 unspecified atom stereocenters. The van der Waals surface area contributed by atoms with Crippen LogP contribution in [-0.4, -0.2) is 31.0 Å². The van der Waals surface area contributed by atoms with E-state index in [1.807, 2.05) is 6.07 Å². The van der Waals surface area contributed by atoms with Gasteiger partial charge < -0.3 is 15.4 Å². The number of ether oxygens (including phenoxy) is 1. The second-order valence-corrected chi connectivity index (χ2v) is 5.66. The van der Waals surface area contributed by atoms with Gasteiger partial charge in [0, 0.05) is 6.54 Å². The lowest BCUT2D eigenvalue weighted by molar-refractivity contribution is -0.129. The zero-order valence-corrected chi connectivity index (χ0v) is 15.2. The van der Waals surface area contributed by atoms with E-state index in [1.54, 1.807) is 24.3 Å². The normalized spacial score (nSPS) is 9.66. The Kier molecular flexibility index (Phi) is 7.95. The molecule has 0 saturated heterocycles. The maximum Gasteiger partial charge on any atom is 0.315 e. The summed E-state index contributed by atoms with van der Waals surface area (Å²) in [6.07, 6.45) is 0. The number of hydrogen-bond acceptors (Lipinski definition) is 5. The van der Waals surface area contributed by atoms with Gasteiger partial charge in [-0.2, -0.15) is 5.26 Å². The SMILES string of the molecule is N#Cc1ccccc1OCC(=O)NNC(=O)CNC(=O)NCc1ccc(F)cc1. The smallest absolute Gasteiger partial charge is 0.315 e. The molecule has 10 heteroatoms. The molecule has 0 atom stereocenters. The predicted octanol–water partition coefficient (Wildman–Crippen LogP) is 0.723. The van der Waals surface area contributed by atoms with Crippen molar-refractivity contribution in [3.8, 4) is 11.8 Å². The van der Waals surface area contributed by atoms with Gasteiger partial charge in [0.2, 0.25) is 0 Å². The third kappa shape index (κ3) is 7.56. The molecule has 0 aliphatic carbocycles. The fourth-order valence-corrected chi connectivity index (χ4v) is 2.06. The number of hydrazine groups is 1. The molecule has 2 rings (SSSR count). The number of carbonyl (C=O) groups is 3. The summed E-state index contributed by atoms with van der Waals surface area (Å²) in [7, 11) is 0. The van der Waals surface area contributed by atoms with Gasteiger partial charge in [-0.05, 0) is 29.8 Å². The summed E-state index contributed by atoms with van der Waals surface area (Å²) in [6, 6.07) is 13.3. The van der Waals surface area contributed by atoms with Crippen LogP contribution >= 0.6 is 0 Å². The molecule has 4 amide bonds. The highest BCUT2D eigenvalue weighted by Crippen LogP contribution is 2.15. The molecule has 0 radical (unpaired) electrons. The van der Waals surface area contributed by atoms with Crippen LogP contribution in [0.5, 0.6) is 5.75 Å². The molecule has 0 saturated carbocycles. The second kappa shape index (κ2) is 10.9. The first kappa shape index (κ1) is 21.2. The van der Waals surface area contributed by atoms with Crippen LogP contribution in [0.15, 0.2) is 48.5 Å². The molecule has 0 bridgehead atoms. The fraction of sp³-hybridized carbons (Fsp3) is 0.158. The third-order valence-corrected chi connectivity index (χ3v) is 3.48. The summed E-state index contributed by atoms with van der Waals surface area (Å²) in [5.74, 6) is -1.44. The minimum Gasteiger partial charge on any atom is -0.482 e. The Hall–Kier alpha value is -4.13. The standard InChI is InChI=1S/C19H18FN5O4/c20-15-7-5-13(6-8-15)10-22-19(28)23-11-17(26)24-25-18(27)12-29-16-4-2-1-3-14(16)9-21/h1-8H,10-12H2,(H,24,26)(H,25,27)(H2,22,23,28). The first-order valence-corrected chi connectivity index (χ1v) is 8.43. The maximum atomic E-state index is 12.8. The van der Waals surface area contributed by atoms with Gasteiger partial charge in [-0.15, -0.1) is 0 Å². The van der Waals surface area contributed by atoms with Crippen LogP contribution in [0.3, 0.4) is 0 Å². The van der Waals surface area contributed by atoms with Gasteiger partial charge in [0.1, 0.15) is 24.2 Å². The van der Waals surface area contributed by atoms with Crippen LogP contribution in [0.4, 0.5) is 9.18 Å². The molecule has 0 aromatic heterocycles. The summed E-state index contributed by atoms with van der Waals surface area (Å²) >= 11 is 0. The topological polar surface area (TPSA) is 132 Å². The van der Waals surface area contributed by atoms with Crippen LogP contribution in [0.25, 0.3) is 0 Å². The van der Waals surface area contributed by atoms with Crippen molar-refractivity contribution in [2.75, 3.05) is 13.2 Å². The number of nitrogens with zero attached hydrogens (tertiary/aromatic N) is 1. The molecule has 0 spiro atoms. The van der Waals surface area contributed by atoms with Gasteiger partial charge in [0.25, 0.3) is 11.8 Å². The highest BCUT2D eigenvalue weighted by molar-refractivity contribution is 5.86. The van der Waals surface area contributed by atoms with Gasteiger partial charge in [-0.25, -0.2) is 9.18 Å². The number of benzene rings is 2. The maximum absolute atomic E-state index is 12.8. The second-order valence-electron chi connectivity index (χ2n) is 5.66. The molecule has 9 nitrogen and oxygen atoms in total. The van der Waals surface area contributed by atoms with E-state index in [-0.39, 0.29) is 30.2 Å². The number of para-hydroxylation sites is 1. The van der Waals surface area contributed by atoms with Crippen LogP contribution in [-0.2, 0) is 16.1 Å². The summed E-state index contributed by atoms with van der Waals surface area (Å²) in [6.45, 7) is -0.635. The minimum atomic E-state index is -0.660. The Morgan fingerprint density at radius 1 is 0.966 bits per heavy atom. The number of hydrogen-bond donors (Lipinski definition) is 4. The summed E-state index contributed by atoms with van der Waals surface area (Å²) in [4.78, 5) is 35.0. The Bertz CT molecular complexity index is 912. The van der Waals surface area contributed by atoms with Crippen LogP contribution < -0.4 is 26.2 Å². The minimum absolute atomic E-state index is 0.159. The third-order valence-electron chi connectivity index (χ3n) is 3.48. The molecule has 29 heavy (non-hydrogen) atoms. The molecule has 0 fully saturated rings. The Labute approximate surface area is 165 Å². The molecular formula is C19H18FN5O4. The van der Waals surface area contributed by atoms with E-state index in [2.05, 4.69) is 21.5 Å². The summed E-state index contributed by atoms with van der Waals surface area (Å²) in [5.41, 5.74) is 5.21. The molecule has 150 valence electrons. The number of rotatable bonds is 7. The first-order chi connectivity index (χ1) is 14.0. The van der Waals surface area contributed by atoms with Gasteiger partial charge in [-0.1, -0.05) is 24.3 Å². The molecular weight excluding hydrogens is 381 g/mol. The van der Waals surface area contributed by atoms with E-state index < -0.39 is 24.5 Å². The number of carbonyl (C=O) groups excluding carboxylic acids is 3. The molecule has 0 aliphatic heterocycles. The predicted molar refractivity (Wildman–Crippen MR) is 99.6 cm³/mol. The quantitative estimate of drug-likeness (QED) is 0.510. The lowest BCUT2D eigenvalue weighted by Gasteiger charge is -2.10. The number of halogens is 1. The molecule has 0 aliphatic rings. The average molecular weight is 399 g/mol. The molecule has 2 aromatic rings. The van der Waals surface area contributed by atoms with Gasteiger partial charge in [0.05, 0.1) is 5.56 Å². The zero-order valence-electron chi connectivity index (χ0n) is 15.2. The fourth-order valence-electron chi connectivity index (χ4n) is 2.06. The zero-order chi connectivity index (χ0) is 21.1. The van der Waals surface area contributed by atoms with E-state index >= 15 is 0 Å². The van der Waals surface area contributed by atoms with E-state index in [9.17, 15) is 18.8 Å². The van der Waals surface area contributed by atoms with Crippen LogP contribution in [0, 0.1) is 17.1 Å². The van der Waals surface area contributed by atoms with Crippen molar-refractivity contribution in [3.63, 3.8) is 0 Å².